The predicted molar refractivity (Wildman–Crippen MR) is 47.1 cm³/mol. The molecule has 0 amide bonds. The van der Waals surface area contributed by atoms with Crippen molar-refractivity contribution in [2.24, 2.45) is 0 Å². The third kappa shape index (κ3) is 1.92. The minimum atomic E-state index is -0.656. The third-order valence-corrected chi connectivity index (χ3v) is 2.48. The van der Waals surface area contributed by atoms with E-state index in [0.29, 0.717) is 4.47 Å². The monoisotopic (exact) mass is 253 g/mol. The Morgan fingerprint density at radius 1 is 1.64 bits per heavy atom. The Bertz CT molecular complexity index is 303. The summed E-state index contributed by atoms with van der Waals surface area (Å²) < 4.78 is 0.609. The fraction of sp³-hybridized carbons (Fsp3) is 0. The molecule has 2 nitrogen and oxygen atoms in total. The molecule has 0 aliphatic rings. The van der Waals surface area contributed by atoms with E-state index in [4.69, 9.17) is 23.2 Å². The number of carbonyl (C=O) groups is 1. The van der Waals surface area contributed by atoms with Crippen molar-refractivity contribution in [1.82, 2.24) is 4.98 Å². The average molecular weight is 255 g/mol. The average Bonchev–Trinajstić information content (AvgIpc) is 1.94. The first kappa shape index (κ1) is 8.97. The van der Waals surface area contributed by atoms with Gasteiger partial charge >= 0.3 is 0 Å². The van der Waals surface area contributed by atoms with Crippen molar-refractivity contribution in [1.29, 1.82) is 0 Å². The molecule has 0 spiro atoms. The van der Waals surface area contributed by atoms with E-state index in [-0.39, 0.29) is 10.7 Å². The van der Waals surface area contributed by atoms with Gasteiger partial charge in [0.05, 0.1) is 5.02 Å². The Morgan fingerprint density at radius 3 is 2.73 bits per heavy atom. The lowest BCUT2D eigenvalue weighted by Gasteiger charge is -1.97. The van der Waals surface area contributed by atoms with Gasteiger partial charge in [0.15, 0.2) is 0 Å². The molecule has 1 aromatic heterocycles. The first-order valence-corrected chi connectivity index (χ1v) is 4.17. The Morgan fingerprint density at radius 2 is 2.27 bits per heavy atom. The van der Waals surface area contributed by atoms with Gasteiger partial charge in [0, 0.05) is 10.7 Å². The zero-order valence-corrected chi connectivity index (χ0v) is 8.24. The highest BCUT2D eigenvalue weighted by molar-refractivity contribution is 9.10. The number of aromatic nitrogens is 1. The van der Waals surface area contributed by atoms with Crippen molar-refractivity contribution >= 4 is 44.4 Å². The fourth-order valence-corrected chi connectivity index (χ4v) is 1.25. The lowest BCUT2D eigenvalue weighted by molar-refractivity contribution is 0.107. The van der Waals surface area contributed by atoms with Gasteiger partial charge in [-0.1, -0.05) is 11.6 Å². The van der Waals surface area contributed by atoms with Crippen LogP contribution < -0.4 is 0 Å². The molecule has 1 heterocycles. The van der Waals surface area contributed by atoms with Crippen LogP contribution in [0.3, 0.4) is 0 Å². The molecule has 0 bridgehead atoms. The normalized spacial score (nSPS) is 9.73. The summed E-state index contributed by atoms with van der Waals surface area (Å²) in [5, 5.41) is -0.413. The van der Waals surface area contributed by atoms with E-state index >= 15 is 0 Å². The van der Waals surface area contributed by atoms with Crippen LogP contribution in [0.25, 0.3) is 0 Å². The molecule has 5 heteroatoms. The van der Waals surface area contributed by atoms with E-state index in [9.17, 15) is 4.79 Å². The number of nitrogens with zero attached hydrogens (tertiary/aromatic N) is 1. The Labute approximate surface area is 81.7 Å². The molecular formula is C6H2BrCl2NO. The van der Waals surface area contributed by atoms with E-state index < -0.39 is 5.24 Å². The van der Waals surface area contributed by atoms with Crippen molar-refractivity contribution in [2.75, 3.05) is 0 Å². The summed E-state index contributed by atoms with van der Waals surface area (Å²) in [4.78, 5) is 14.3. The van der Waals surface area contributed by atoms with Crippen molar-refractivity contribution in [3.05, 3.63) is 27.5 Å². The predicted octanol–water partition coefficient (Wildman–Crippen LogP) is 2.88. The van der Waals surface area contributed by atoms with Crippen LogP contribution in [0.4, 0.5) is 0 Å². The van der Waals surface area contributed by atoms with Crippen LogP contribution in [0.1, 0.15) is 10.5 Å². The van der Waals surface area contributed by atoms with E-state index in [1.165, 1.54) is 6.20 Å². The number of halogens is 3. The second kappa shape index (κ2) is 3.52. The molecule has 58 valence electrons. The molecule has 0 saturated heterocycles. The second-order valence-corrected chi connectivity index (χ2v) is 3.30. The number of hydrogen-bond acceptors (Lipinski definition) is 2. The van der Waals surface area contributed by atoms with Gasteiger partial charge < -0.3 is 0 Å². The van der Waals surface area contributed by atoms with Crippen LogP contribution in [0.5, 0.6) is 0 Å². The molecule has 0 N–H and O–H groups in total. The highest BCUT2D eigenvalue weighted by Crippen LogP contribution is 2.24. The second-order valence-electron chi connectivity index (χ2n) is 1.73. The van der Waals surface area contributed by atoms with E-state index in [0.717, 1.165) is 0 Å². The molecule has 0 aromatic carbocycles. The molecule has 0 saturated carbocycles. The largest absolute Gasteiger partial charge is 0.274 e. The van der Waals surface area contributed by atoms with Gasteiger partial charge in [0.2, 0.25) is 0 Å². The third-order valence-electron chi connectivity index (χ3n) is 1.03. The van der Waals surface area contributed by atoms with E-state index in [2.05, 4.69) is 20.9 Å². The van der Waals surface area contributed by atoms with Crippen LogP contribution in [-0.4, -0.2) is 10.2 Å². The quantitative estimate of drug-likeness (QED) is 0.722. The number of carbonyl (C=O) groups excluding carboxylic acids is 1. The summed E-state index contributed by atoms with van der Waals surface area (Å²) in [6, 6.07) is 1.63. The Kier molecular flexibility index (Phi) is 2.87. The highest BCUT2D eigenvalue weighted by Gasteiger charge is 2.10. The number of rotatable bonds is 1. The van der Waals surface area contributed by atoms with Crippen molar-refractivity contribution in [3.8, 4) is 0 Å². The summed E-state index contributed by atoms with van der Waals surface area (Å²) in [5.74, 6) is 0. The summed E-state index contributed by atoms with van der Waals surface area (Å²) in [7, 11) is 0. The molecule has 0 atom stereocenters. The maximum Gasteiger partial charge on any atom is 0.272 e. The van der Waals surface area contributed by atoms with Crippen LogP contribution in [-0.2, 0) is 0 Å². The van der Waals surface area contributed by atoms with Crippen molar-refractivity contribution in [3.63, 3.8) is 0 Å². The van der Waals surface area contributed by atoms with Gasteiger partial charge in [-0.3, -0.25) is 9.78 Å². The van der Waals surface area contributed by atoms with Crippen LogP contribution in [0.15, 0.2) is 16.7 Å². The Hall–Kier alpha value is -0.120. The zero-order chi connectivity index (χ0) is 8.43. The lowest BCUT2D eigenvalue weighted by atomic mass is 10.4. The van der Waals surface area contributed by atoms with Crippen LogP contribution in [0.2, 0.25) is 5.02 Å². The standard InChI is InChI=1S/C6H2BrCl2NO/c7-3-1-2-10-5(4(3)8)6(9)11/h1-2H. The molecular weight excluding hydrogens is 253 g/mol. The van der Waals surface area contributed by atoms with Gasteiger partial charge in [-0.2, -0.15) is 0 Å². The van der Waals surface area contributed by atoms with Crippen molar-refractivity contribution < 1.29 is 4.79 Å². The molecule has 0 radical (unpaired) electrons. The fourth-order valence-electron chi connectivity index (χ4n) is 0.557. The molecule has 1 aromatic rings. The molecule has 0 unspecified atom stereocenters. The maximum absolute atomic E-state index is 10.6. The SMILES string of the molecule is O=C(Cl)c1nccc(Br)c1Cl. The van der Waals surface area contributed by atoms with Crippen LogP contribution >= 0.6 is 39.1 Å². The van der Waals surface area contributed by atoms with Gasteiger partial charge in [-0.25, -0.2) is 0 Å². The number of pyridine rings is 1. The Balaban J connectivity index is 3.27. The molecule has 0 aliphatic carbocycles. The first-order valence-electron chi connectivity index (χ1n) is 2.62. The zero-order valence-electron chi connectivity index (χ0n) is 5.14. The summed E-state index contributed by atoms with van der Waals surface area (Å²) >= 11 is 14.0. The minimum Gasteiger partial charge on any atom is -0.274 e. The molecule has 0 aliphatic heterocycles. The summed E-state index contributed by atoms with van der Waals surface area (Å²) in [6.07, 6.45) is 1.45. The molecule has 0 fully saturated rings. The van der Waals surface area contributed by atoms with Crippen LogP contribution in [0, 0.1) is 0 Å². The van der Waals surface area contributed by atoms with Gasteiger partial charge in [-0.15, -0.1) is 0 Å². The van der Waals surface area contributed by atoms with Gasteiger partial charge in [-0.05, 0) is 33.6 Å². The molecule has 1 rings (SSSR count). The topological polar surface area (TPSA) is 30.0 Å². The number of hydrogen-bond donors (Lipinski definition) is 0. The summed E-state index contributed by atoms with van der Waals surface area (Å²) in [6.45, 7) is 0. The van der Waals surface area contributed by atoms with E-state index in [1.54, 1.807) is 6.07 Å². The first-order chi connectivity index (χ1) is 5.13. The molecule has 11 heavy (non-hydrogen) atoms. The van der Waals surface area contributed by atoms with Gasteiger partial charge in [0.25, 0.3) is 5.24 Å². The summed E-state index contributed by atoms with van der Waals surface area (Å²) in [5.41, 5.74) is 0.0720. The van der Waals surface area contributed by atoms with E-state index in [1.807, 2.05) is 0 Å². The van der Waals surface area contributed by atoms with Crippen molar-refractivity contribution in [2.45, 2.75) is 0 Å². The maximum atomic E-state index is 10.6. The smallest absolute Gasteiger partial charge is 0.272 e. The minimum absolute atomic E-state index is 0.0720. The van der Waals surface area contributed by atoms with Gasteiger partial charge in [0.1, 0.15) is 5.69 Å². The highest BCUT2D eigenvalue weighted by atomic mass is 79.9. The lowest BCUT2D eigenvalue weighted by Crippen LogP contribution is -1.94.